The lowest BCUT2D eigenvalue weighted by Crippen LogP contribution is -2.49. The van der Waals surface area contributed by atoms with Crippen LogP contribution in [0.5, 0.6) is 34.5 Å². The van der Waals surface area contributed by atoms with Crippen molar-refractivity contribution < 1.29 is 89.4 Å². The minimum absolute atomic E-state index is 0.0466. The maximum absolute atomic E-state index is 13.9. The fourth-order valence-corrected chi connectivity index (χ4v) is 11.0. The minimum atomic E-state index is -2.96. The van der Waals surface area contributed by atoms with Crippen LogP contribution in [-0.2, 0) is 33.4 Å². The molecular weight excluding hydrogens is 1240 g/mol. The summed E-state index contributed by atoms with van der Waals surface area (Å²) >= 11 is 0. The average molecular weight is 1320 g/mol. The summed E-state index contributed by atoms with van der Waals surface area (Å²) < 4.78 is 59.3. The molecule has 504 valence electrons. The molecule has 6 aromatic rings. The monoisotopic (exact) mass is 1320 g/mol. The Balaban J connectivity index is 1.07. The Morgan fingerprint density at radius 1 is 0.500 bits per heavy atom. The molecule has 2 aromatic heterocycles. The normalized spacial score (nSPS) is 12.1. The van der Waals surface area contributed by atoms with Gasteiger partial charge in [0, 0.05) is 27.8 Å². The SMILES string of the molecule is CCCCC[C@@H](C(=O)NCNC(=O)c1ccc(-c2cc(OCC)cc(O[P+](=O)Oc3cc(OCC)cc(-c4ccc(C(=O)NCNC(=O)[C@H](CCCCC)[C@@H](CC)N(C=O)OC(=O)c5ccc(OC)cc5C)o4)c3)c2)o1)[C@@H](CC)N(C=O)OC(=O)c1ccc(OC)cc1C. The number of carbonyl (C=O) groups excluding carboxylic acids is 8. The summed E-state index contributed by atoms with van der Waals surface area (Å²) in [6.07, 6.45) is 6.66. The molecule has 25 nitrogen and oxygen atoms in total. The molecule has 94 heavy (non-hydrogen) atoms. The van der Waals surface area contributed by atoms with Crippen molar-refractivity contribution in [3.05, 3.63) is 131 Å². The zero-order chi connectivity index (χ0) is 68.3. The topological polar surface area (TPSA) is 308 Å². The quantitative estimate of drug-likeness (QED) is 0.00913. The van der Waals surface area contributed by atoms with E-state index in [4.69, 9.17) is 46.5 Å². The van der Waals surface area contributed by atoms with E-state index >= 15 is 0 Å². The molecule has 0 bridgehead atoms. The molecule has 6 rings (SSSR count). The van der Waals surface area contributed by atoms with Crippen LogP contribution in [0.25, 0.3) is 22.6 Å². The number of carbonyl (C=O) groups is 8. The van der Waals surface area contributed by atoms with Gasteiger partial charge in [0.25, 0.3) is 11.8 Å². The van der Waals surface area contributed by atoms with Gasteiger partial charge in [0.15, 0.2) is 23.0 Å². The molecule has 0 saturated heterocycles. The van der Waals surface area contributed by atoms with Crippen molar-refractivity contribution in [3.8, 4) is 57.1 Å². The number of methoxy groups -OCH3 is 2. The lowest BCUT2D eigenvalue weighted by atomic mass is 9.90. The van der Waals surface area contributed by atoms with Crippen LogP contribution in [0.15, 0.2) is 106 Å². The number of aryl methyl sites for hydroxylation is 2. The van der Waals surface area contributed by atoms with E-state index in [-0.39, 0.29) is 85.1 Å². The second-order valence-corrected chi connectivity index (χ2v) is 22.5. The Kier molecular flexibility index (Phi) is 28.8. The summed E-state index contributed by atoms with van der Waals surface area (Å²) in [6, 6.07) is 23.1. The smallest absolute Gasteiger partial charge is 0.497 e. The van der Waals surface area contributed by atoms with Crippen LogP contribution in [0, 0.1) is 25.7 Å². The molecular formula is C68H84N6O19P+. The molecule has 4 N–H and O–H groups in total. The standard InChI is InChI=1S/C68H83N6O19P/c1-11-17-19-21-55(57(13-3)73(41-75)90-67(81)53-25-23-47(84-9)31-43(53)7)63(77)69-39-71-65(79)61-29-27-59(88-61)45-33-49(86-15-5)37-51(35-45)92-94(83)93-52-36-46(34-50(38-52)87-16-6)60-28-30-62(89-60)66(80)72-40-70-64(78)56(22-20-18-12-2)58(14-4)74(42-76)91-68(82)54-26-24-48(85-10)32-44(54)8/h23-38,41-42,55-58H,11-22,39-40H2,1-10H3,(H3-,69,70,71,72,77,78,79,80)/p+1/t55-,56-,57-,58-/m1/s1. The predicted molar refractivity (Wildman–Crippen MR) is 346 cm³/mol. The van der Waals surface area contributed by atoms with Gasteiger partial charge in [0.2, 0.25) is 24.6 Å². The summed E-state index contributed by atoms with van der Waals surface area (Å²) in [5.41, 5.74) is 2.32. The minimum Gasteiger partial charge on any atom is -0.497 e. The van der Waals surface area contributed by atoms with Crippen molar-refractivity contribution in [1.29, 1.82) is 0 Å². The zero-order valence-corrected chi connectivity index (χ0v) is 55.6. The number of rotatable bonds is 40. The molecule has 0 radical (unpaired) electrons. The number of ether oxygens (including phenoxy) is 4. The number of unbranched alkanes of at least 4 members (excludes halogenated alkanes) is 4. The molecule has 4 atom stereocenters. The number of amides is 6. The Morgan fingerprint density at radius 2 is 0.894 bits per heavy atom. The van der Waals surface area contributed by atoms with Gasteiger partial charge in [-0.2, -0.15) is 10.1 Å². The largest absolute Gasteiger partial charge is 0.805 e. The number of nitrogens with one attached hydrogen (secondary N) is 4. The van der Waals surface area contributed by atoms with Crippen molar-refractivity contribution in [1.82, 2.24) is 31.4 Å². The number of hydrogen-bond acceptors (Lipinski definition) is 19. The lowest BCUT2D eigenvalue weighted by molar-refractivity contribution is -0.171. The van der Waals surface area contributed by atoms with E-state index in [0.717, 1.165) is 35.8 Å². The van der Waals surface area contributed by atoms with Crippen LogP contribution >= 0.6 is 8.25 Å². The third-order valence-corrected chi connectivity index (χ3v) is 15.9. The van der Waals surface area contributed by atoms with Crippen LogP contribution < -0.4 is 49.3 Å². The summed E-state index contributed by atoms with van der Waals surface area (Å²) in [7, 11) is 0.0479. The van der Waals surface area contributed by atoms with E-state index in [1.165, 1.54) is 74.9 Å². The molecule has 0 aliphatic rings. The van der Waals surface area contributed by atoms with Gasteiger partial charge in [-0.1, -0.05) is 66.2 Å². The fraction of sp³-hybridized carbons (Fsp3) is 0.412. The highest BCUT2D eigenvalue weighted by molar-refractivity contribution is 7.34. The number of furan rings is 2. The number of benzene rings is 4. The van der Waals surface area contributed by atoms with E-state index in [0.29, 0.717) is 83.8 Å². The lowest BCUT2D eigenvalue weighted by Gasteiger charge is -2.32. The first-order chi connectivity index (χ1) is 45.3. The van der Waals surface area contributed by atoms with E-state index in [1.54, 1.807) is 77.9 Å². The third-order valence-electron chi connectivity index (χ3n) is 15.2. The zero-order valence-electron chi connectivity index (χ0n) is 54.7. The molecule has 26 heteroatoms. The fourth-order valence-electron chi connectivity index (χ4n) is 10.4. The van der Waals surface area contributed by atoms with E-state index in [2.05, 4.69) is 21.3 Å². The van der Waals surface area contributed by atoms with Gasteiger partial charge in [-0.25, -0.2) is 18.6 Å². The first-order valence-corrected chi connectivity index (χ1v) is 32.4. The van der Waals surface area contributed by atoms with Gasteiger partial charge >= 0.3 is 20.2 Å². The van der Waals surface area contributed by atoms with Gasteiger partial charge in [-0.15, -0.1) is 0 Å². The first kappa shape index (κ1) is 73.2. The number of hydroxylamine groups is 4. The van der Waals surface area contributed by atoms with Gasteiger partial charge in [0.1, 0.15) is 34.5 Å². The molecule has 0 saturated carbocycles. The van der Waals surface area contributed by atoms with Crippen molar-refractivity contribution in [2.45, 2.75) is 132 Å². The Morgan fingerprint density at radius 3 is 1.23 bits per heavy atom. The van der Waals surface area contributed by atoms with Crippen LogP contribution in [0.1, 0.15) is 159 Å². The highest BCUT2D eigenvalue weighted by Crippen LogP contribution is 2.40. The summed E-state index contributed by atoms with van der Waals surface area (Å²) in [4.78, 5) is 117. The van der Waals surface area contributed by atoms with Crippen LogP contribution in [0.2, 0.25) is 0 Å². The highest BCUT2D eigenvalue weighted by atomic mass is 31.1. The van der Waals surface area contributed by atoms with Crippen LogP contribution in [0.3, 0.4) is 0 Å². The second-order valence-electron chi connectivity index (χ2n) is 21.6. The van der Waals surface area contributed by atoms with Gasteiger partial charge in [-0.05, 0) is 149 Å². The number of hydrogen-bond donors (Lipinski definition) is 4. The molecule has 6 amide bonds. The summed E-state index contributed by atoms with van der Waals surface area (Å²) in [5, 5.41) is 12.5. The summed E-state index contributed by atoms with van der Waals surface area (Å²) in [5.74, 6) is -3.51. The highest BCUT2D eigenvalue weighted by Gasteiger charge is 2.36. The van der Waals surface area contributed by atoms with Crippen molar-refractivity contribution in [3.63, 3.8) is 0 Å². The Bertz CT molecular complexity index is 3340. The third kappa shape index (κ3) is 20.6. The molecule has 0 fully saturated rings. The van der Waals surface area contributed by atoms with Gasteiger partial charge in [-0.3, -0.25) is 28.8 Å². The Labute approximate surface area is 547 Å². The molecule has 0 unspecified atom stereocenters. The van der Waals surface area contributed by atoms with Crippen molar-refractivity contribution >= 4 is 56.6 Å². The maximum Gasteiger partial charge on any atom is 0.805 e. The molecule has 0 aliphatic heterocycles. The van der Waals surface area contributed by atoms with E-state index in [1.807, 2.05) is 13.8 Å². The second kappa shape index (κ2) is 37.0. The van der Waals surface area contributed by atoms with Crippen molar-refractivity contribution in [2.75, 3.05) is 40.8 Å². The first-order valence-electron chi connectivity index (χ1n) is 31.3. The number of nitrogens with zero attached hydrogens (tertiary/aromatic N) is 2. The maximum atomic E-state index is 13.9. The average Bonchev–Trinajstić information content (AvgIpc) is 1.36. The van der Waals surface area contributed by atoms with Gasteiger partial charge in [0.05, 0.1) is 75.8 Å². The van der Waals surface area contributed by atoms with Crippen LogP contribution in [-0.4, -0.2) is 111 Å². The van der Waals surface area contributed by atoms with Crippen LogP contribution in [0.4, 0.5) is 0 Å². The molecule has 2 heterocycles. The molecule has 4 aromatic carbocycles. The van der Waals surface area contributed by atoms with Gasteiger partial charge < -0.3 is 58.7 Å². The van der Waals surface area contributed by atoms with E-state index in [9.17, 15) is 42.9 Å². The Hall–Kier alpha value is -9.90. The van der Waals surface area contributed by atoms with E-state index < -0.39 is 67.7 Å². The summed E-state index contributed by atoms with van der Waals surface area (Å²) in [6.45, 7) is 14.4. The molecule has 0 aliphatic carbocycles. The molecule has 0 spiro atoms. The predicted octanol–water partition coefficient (Wildman–Crippen LogP) is 11.8. The van der Waals surface area contributed by atoms with Crippen molar-refractivity contribution in [2.24, 2.45) is 11.8 Å².